The van der Waals surface area contributed by atoms with Gasteiger partial charge in [0.2, 0.25) is 0 Å². The van der Waals surface area contributed by atoms with Crippen LogP contribution in [0.5, 0.6) is 0 Å². The zero-order valence-electron chi connectivity index (χ0n) is 12.9. The minimum atomic E-state index is -0.397. The predicted octanol–water partition coefficient (Wildman–Crippen LogP) is 1.79. The first-order valence-electron chi connectivity index (χ1n) is 6.96. The molecule has 0 atom stereocenters. The number of aryl methyl sites for hydroxylation is 2. The molecule has 0 radical (unpaired) electrons. The van der Waals surface area contributed by atoms with Crippen LogP contribution in [0.4, 0.5) is 0 Å². The largest absolute Gasteiger partial charge is 0.332 e. The summed E-state index contributed by atoms with van der Waals surface area (Å²) >= 11 is 5.96. The normalized spacial score (nSPS) is 11.7. The Labute approximate surface area is 136 Å². The molecule has 0 bridgehead atoms. The van der Waals surface area contributed by atoms with Gasteiger partial charge in [0.05, 0.1) is 0 Å². The van der Waals surface area contributed by atoms with Crippen LogP contribution in [-0.2, 0) is 21.1 Å². The van der Waals surface area contributed by atoms with E-state index >= 15 is 0 Å². The van der Waals surface area contributed by atoms with E-state index in [2.05, 4.69) is 4.98 Å². The molecule has 0 fully saturated rings. The average Bonchev–Trinajstić information content (AvgIpc) is 2.86. The van der Waals surface area contributed by atoms with E-state index < -0.39 is 5.69 Å². The summed E-state index contributed by atoms with van der Waals surface area (Å²) in [5, 5.41) is 0.647. The van der Waals surface area contributed by atoms with Crippen LogP contribution >= 0.6 is 11.6 Å². The zero-order chi connectivity index (χ0) is 16.7. The van der Waals surface area contributed by atoms with Gasteiger partial charge in [0.25, 0.3) is 5.56 Å². The Kier molecular flexibility index (Phi) is 3.69. The van der Waals surface area contributed by atoms with Crippen LogP contribution in [0.3, 0.4) is 0 Å². The number of halogens is 1. The van der Waals surface area contributed by atoms with Crippen LogP contribution < -0.4 is 11.2 Å². The first kappa shape index (κ1) is 15.3. The lowest BCUT2D eigenvalue weighted by molar-refractivity contribution is 0.705. The summed E-state index contributed by atoms with van der Waals surface area (Å²) < 4.78 is 4.13. The molecule has 7 heteroatoms. The highest BCUT2D eigenvalue weighted by molar-refractivity contribution is 6.30. The van der Waals surface area contributed by atoms with Gasteiger partial charge in [0, 0.05) is 26.2 Å². The first-order chi connectivity index (χ1) is 10.9. The second kappa shape index (κ2) is 5.55. The van der Waals surface area contributed by atoms with Crippen LogP contribution in [0, 0.1) is 0 Å². The number of imidazole rings is 1. The maximum absolute atomic E-state index is 12.3. The number of hydrogen-bond donors (Lipinski definition) is 0. The van der Waals surface area contributed by atoms with Gasteiger partial charge in [-0.25, -0.2) is 9.78 Å². The van der Waals surface area contributed by atoms with Crippen molar-refractivity contribution in [3.05, 3.63) is 61.5 Å². The van der Waals surface area contributed by atoms with Gasteiger partial charge in [-0.3, -0.25) is 13.9 Å². The third-order valence-corrected chi connectivity index (χ3v) is 4.02. The van der Waals surface area contributed by atoms with Crippen molar-refractivity contribution in [2.45, 2.75) is 0 Å². The predicted molar refractivity (Wildman–Crippen MR) is 91.6 cm³/mol. The van der Waals surface area contributed by atoms with Gasteiger partial charge in [0.15, 0.2) is 11.2 Å². The molecule has 0 spiro atoms. The molecule has 1 aromatic carbocycles. The van der Waals surface area contributed by atoms with Crippen molar-refractivity contribution in [2.75, 3.05) is 0 Å². The van der Waals surface area contributed by atoms with Crippen molar-refractivity contribution in [1.82, 2.24) is 18.7 Å². The standard InChI is InChI=1S/C16H15ClN4O2/c1-19-12(8-7-10-5-4-6-11(17)9-10)18-14-13(19)15(22)21(3)16(23)20(14)2/h4-9H,1-3H3/b8-7+/i1-1. The molecular formula is C16H15ClN4O2. The Bertz CT molecular complexity index is 1060. The van der Waals surface area contributed by atoms with Crippen LogP contribution in [0.25, 0.3) is 23.3 Å². The summed E-state index contributed by atoms with van der Waals surface area (Å²) in [6, 6.07) is 7.40. The van der Waals surface area contributed by atoms with Gasteiger partial charge in [-0.15, -0.1) is 0 Å². The monoisotopic (exact) mass is 329 g/mol. The van der Waals surface area contributed by atoms with E-state index in [1.54, 1.807) is 30.8 Å². The number of nitrogens with zero attached hydrogens (tertiary/aromatic N) is 4. The molecule has 23 heavy (non-hydrogen) atoms. The lowest BCUT2D eigenvalue weighted by Gasteiger charge is -2.03. The van der Waals surface area contributed by atoms with E-state index in [-0.39, 0.29) is 5.56 Å². The number of fused-ring (bicyclic) bond motifs is 1. The average molecular weight is 330 g/mol. The molecule has 0 amide bonds. The second-order valence-electron chi connectivity index (χ2n) is 5.30. The Hall–Kier alpha value is -2.60. The van der Waals surface area contributed by atoms with E-state index in [9.17, 15) is 9.59 Å². The summed E-state index contributed by atoms with van der Waals surface area (Å²) in [7, 11) is 4.80. The maximum atomic E-state index is 12.3. The minimum Gasteiger partial charge on any atom is -0.322 e. The Morgan fingerprint density at radius 2 is 1.78 bits per heavy atom. The molecule has 0 aliphatic rings. The molecule has 2 heterocycles. The van der Waals surface area contributed by atoms with Crippen LogP contribution in [0.15, 0.2) is 33.9 Å². The molecule has 3 aromatic rings. The Morgan fingerprint density at radius 3 is 2.48 bits per heavy atom. The molecule has 0 saturated carbocycles. The lowest BCUT2D eigenvalue weighted by atomic mass is 10.2. The van der Waals surface area contributed by atoms with Crippen molar-refractivity contribution in [3.8, 4) is 0 Å². The van der Waals surface area contributed by atoms with Crippen LogP contribution in [0.2, 0.25) is 5.02 Å². The van der Waals surface area contributed by atoms with Crippen molar-refractivity contribution in [1.29, 1.82) is 0 Å². The van der Waals surface area contributed by atoms with Gasteiger partial charge < -0.3 is 4.57 Å². The smallest absolute Gasteiger partial charge is 0.322 e. The van der Waals surface area contributed by atoms with Crippen molar-refractivity contribution >= 4 is 34.9 Å². The van der Waals surface area contributed by atoms with Gasteiger partial charge in [-0.05, 0) is 23.8 Å². The topological polar surface area (TPSA) is 61.8 Å². The van der Waals surface area contributed by atoms with Gasteiger partial charge in [-0.2, -0.15) is 0 Å². The highest BCUT2D eigenvalue weighted by Gasteiger charge is 2.15. The van der Waals surface area contributed by atoms with Gasteiger partial charge in [0.1, 0.15) is 5.82 Å². The third-order valence-electron chi connectivity index (χ3n) is 3.78. The fraction of sp³-hybridized carbons (Fsp3) is 0.188. The van der Waals surface area contributed by atoms with Crippen molar-refractivity contribution < 1.29 is 0 Å². The fourth-order valence-corrected chi connectivity index (χ4v) is 2.66. The second-order valence-corrected chi connectivity index (χ2v) is 5.73. The van der Waals surface area contributed by atoms with Crippen LogP contribution in [-0.4, -0.2) is 18.7 Å². The van der Waals surface area contributed by atoms with Crippen molar-refractivity contribution in [3.63, 3.8) is 0 Å². The lowest BCUT2D eigenvalue weighted by Crippen LogP contribution is -2.37. The van der Waals surface area contributed by atoms with Gasteiger partial charge in [-0.1, -0.05) is 29.8 Å². The summed E-state index contributed by atoms with van der Waals surface area (Å²) in [6.07, 6.45) is 3.64. The van der Waals surface area contributed by atoms with E-state index in [0.29, 0.717) is 22.0 Å². The molecule has 0 unspecified atom stereocenters. The minimum absolute atomic E-state index is 0.361. The number of hydrogen-bond acceptors (Lipinski definition) is 3. The molecule has 0 saturated heterocycles. The summed E-state index contributed by atoms with van der Waals surface area (Å²) in [6.45, 7) is 0. The molecule has 3 rings (SSSR count). The molecule has 0 aliphatic carbocycles. The molecule has 0 N–H and O–H groups in total. The maximum Gasteiger partial charge on any atom is 0.332 e. The van der Waals surface area contributed by atoms with E-state index in [1.165, 1.54) is 11.6 Å². The quantitative estimate of drug-likeness (QED) is 0.720. The first-order valence-corrected chi connectivity index (χ1v) is 7.34. The molecular weight excluding hydrogens is 315 g/mol. The van der Waals surface area contributed by atoms with Crippen molar-refractivity contribution in [2.24, 2.45) is 21.1 Å². The number of rotatable bonds is 2. The molecule has 2 aromatic heterocycles. The third kappa shape index (κ3) is 2.51. The fourth-order valence-electron chi connectivity index (χ4n) is 2.47. The summed E-state index contributed by atoms with van der Waals surface area (Å²) in [4.78, 5) is 28.7. The number of aromatic nitrogens is 4. The molecule has 0 aliphatic heterocycles. The Balaban J connectivity index is 2.19. The molecule has 6 nitrogen and oxygen atoms in total. The highest BCUT2D eigenvalue weighted by atomic mass is 35.5. The Morgan fingerprint density at radius 1 is 1.04 bits per heavy atom. The van der Waals surface area contributed by atoms with E-state index in [1.807, 2.05) is 24.3 Å². The number of benzene rings is 1. The van der Waals surface area contributed by atoms with E-state index in [4.69, 9.17) is 11.6 Å². The SMILES string of the molecule is Cn1c(=O)c2c(nc(/C=C/c3cccc(Cl)c3)n2[11CH3])n(C)c1=O. The zero-order valence-corrected chi connectivity index (χ0v) is 13.7. The van der Waals surface area contributed by atoms with Gasteiger partial charge >= 0.3 is 5.69 Å². The van der Waals surface area contributed by atoms with E-state index in [0.717, 1.165) is 10.1 Å². The summed E-state index contributed by atoms with van der Waals surface area (Å²) in [5.74, 6) is 0.582. The highest BCUT2D eigenvalue weighted by Crippen LogP contribution is 2.15. The molecule has 118 valence electrons. The van der Waals surface area contributed by atoms with Crippen LogP contribution in [0.1, 0.15) is 11.4 Å². The summed E-state index contributed by atoms with van der Waals surface area (Å²) in [5.41, 5.74) is 0.921.